The summed E-state index contributed by atoms with van der Waals surface area (Å²) in [5.74, 6) is 0.478. The highest BCUT2D eigenvalue weighted by Crippen LogP contribution is 2.13. The monoisotopic (exact) mass is 366 g/mol. The Morgan fingerprint density at radius 2 is 1.81 bits per heavy atom. The third-order valence-corrected chi connectivity index (χ3v) is 3.88. The van der Waals surface area contributed by atoms with Crippen molar-refractivity contribution in [1.82, 2.24) is 5.32 Å². The Labute approximate surface area is 155 Å². The first kappa shape index (κ1) is 18.3. The molecule has 1 N–H and O–H groups in total. The maximum atomic E-state index is 12.2. The summed E-state index contributed by atoms with van der Waals surface area (Å²) >= 11 is 0. The van der Waals surface area contributed by atoms with Crippen LogP contribution in [-0.4, -0.2) is 10.8 Å². The molecule has 1 amide bonds. The SMILES string of the molecule is O=C(NCc1cccc(COCc2ccco2)c1)c1ccc([N+](=O)[O-])cc1. The first-order chi connectivity index (χ1) is 13.1. The van der Waals surface area contributed by atoms with Gasteiger partial charge in [0.1, 0.15) is 12.4 Å². The highest BCUT2D eigenvalue weighted by atomic mass is 16.6. The van der Waals surface area contributed by atoms with Gasteiger partial charge in [-0.3, -0.25) is 14.9 Å². The van der Waals surface area contributed by atoms with Crippen LogP contribution in [0, 0.1) is 10.1 Å². The summed E-state index contributed by atoms with van der Waals surface area (Å²) in [6.07, 6.45) is 1.60. The molecule has 0 fully saturated rings. The molecule has 0 aliphatic carbocycles. The van der Waals surface area contributed by atoms with E-state index in [1.54, 1.807) is 6.26 Å². The molecule has 0 aliphatic heterocycles. The van der Waals surface area contributed by atoms with Crippen LogP contribution >= 0.6 is 0 Å². The molecular weight excluding hydrogens is 348 g/mol. The van der Waals surface area contributed by atoms with Gasteiger partial charge in [-0.15, -0.1) is 0 Å². The minimum absolute atomic E-state index is 0.0474. The molecule has 0 radical (unpaired) electrons. The second-order valence-corrected chi connectivity index (χ2v) is 5.88. The van der Waals surface area contributed by atoms with E-state index in [4.69, 9.17) is 9.15 Å². The fraction of sp³-hybridized carbons (Fsp3) is 0.150. The average molecular weight is 366 g/mol. The Hall–Kier alpha value is -3.45. The minimum atomic E-state index is -0.499. The van der Waals surface area contributed by atoms with Gasteiger partial charge in [0.05, 0.1) is 17.8 Å². The van der Waals surface area contributed by atoms with Crippen molar-refractivity contribution in [2.24, 2.45) is 0 Å². The van der Waals surface area contributed by atoms with Crippen molar-refractivity contribution in [3.63, 3.8) is 0 Å². The molecule has 3 aromatic rings. The van der Waals surface area contributed by atoms with E-state index in [1.807, 2.05) is 36.4 Å². The van der Waals surface area contributed by atoms with Gasteiger partial charge in [-0.2, -0.15) is 0 Å². The van der Waals surface area contributed by atoms with Crippen molar-refractivity contribution in [3.05, 3.63) is 99.5 Å². The summed E-state index contributed by atoms with van der Waals surface area (Å²) in [5.41, 5.74) is 2.25. The van der Waals surface area contributed by atoms with Crippen molar-refractivity contribution < 1.29 is 18.9 Å². The third kappa shape index (κ3) is 5.26. The summed E-state index contributed by atoms with van der Waals surface area (Å²) in [6.45, 7) is 1.18. The summed E-state index contributed by atoms with van der Waals surface area (Å²) < 4.78 is 10.8. The van der Waals surface area contributed by atoms with Crippen molar-refractivity contribution in [2.75, 3.05) is 0 Å². The number of hydrogen-bond donors (Lipinski definition) is 1. The molecule has 1 aromatic heterocycles. The lowest BCUT2D eigenvalue weighted by Crippen LogP contribution is -2.22. The normalized spacial score (nSPS) is 10.5. The van der Waals surface area contributed by atoms with E-state index in [2.05, 4.69) is 5.32 Å². The average Bonchev–Trinajstić information content (AvgIpc) is 3.20. The number of amides is 1. The zero-order valence-corrected chi connectivity index (χ0v) is 14.5. The number of carbonyl (C=O) groups excluding carboxylic acids is 1. The van der Waals surface area contributed by atoms with E-state index in [0.29, 0.717) is 25.3 Å². The number of rotatable bonds is 8. The molecule has 0 saturated heterocycles. The fourth-order valence-electron chi connectivity index (χ4n) is 2.51. The van der Waals surface area contributed by atoms with Gasteiger partial charge in [0.15, 0.2) is 0 Å². The van der Waals surface area contributed by atoms with Crippen LogP contribution in [0.3, 0.4) is 0 Å². The van der Waals surface area contributed by atoms with Crippen LogP contribution in [0.4, 0.5) is 5.69 Å². The number of benzene rings is 2. The molecule has 0 atom stereocenters. The predicted molar refractivity (Wildman–Crippen MR) is 97.9 cm³/mol. The van der Waals surface area contributed by atoms with Crippen LogP contribution in [-0.2, 0) is 24.5 Å². The van der Waals surface area contributed by atoms with E-state index in [0.717, 1.165) is 16.9 Å². The first-order valence-electron chi connectivity index (χ1n) is 8.32. The number of hydrogen-bond acceptors (Lipinski definition) is 5. The number of furan rings is 1. The number of non-ortho nitro benzene ring substituents is 1. The van der Waals surface area contributed by atoms with Crippen LogP contribution in [0.5, 0.6) is 0 Å². The number of nitro benzene ring substituents is 1. The maximum Gasteiger partial charge on any atom is 0.269 e. The highest BCUT2D eigenvalue weighted by molar-refractivity contribution is 5.94. The third-order valence-electron chi connectivity index (χ3n) is 3.88. The lowest BCUT2D eigenvalue weighted by Gasteiger charge is -2.08. The zero-order chi connectivity index (χ0) is 19.1. The number of nitro groups is 1. The molecule has 7 heteroatoms. The predicted octanol–water partition coefficient (Wildman–Crippen LogP) is 3.83. The summed E-state index contributed by atoms with van der Waals surface area (Å²) in [7, 11) is 0. The summed E-state index contributed by atoms with van der Waals surface area (Å²) in [4.78, 5) is 22.3. The molecule has 7 nitrogen and oxygen atoms in total. The number of nitrogens with one attached hydrogen (secondary N) is 1. The van der Waals surface area contributed by atoms with Gasteiger partial charge in [-0.05, 0) is 35.4 Å². The second kappa shape index (κ2) is 8.77. The van der Waals surface area contributed by atoms with Crippen molar-refractivity contribution >= 4 is 11.6 Å². The largest absolute Gasteiger partial charge is 0.467 e. The van der Waals surface area contributed by atoms with Crippen LogP contribution < -0.4 is 5.32 Å². The molecule has 1 heterocycles. The first-order valence-corrected chi connectivity index (χ1v) is 8.32. The highest BCUT2D eigenvalue weighted by Gasteiger charge is 2.09. The molecule has 27 heavy (non-hydrogen) atoms. The van der Waals surface area contributed by atoms with Crippen LogP contribution in [0.1, 0.15) is 27.2 Å². The lowest BCUT2D eigenvalue weighted by atomic mass is 10.1. The van der Waals surface area contributed by atoms with E-state index in [9.17, 15) is 14.9 Å². The Balaban J connectivity index is 1.51. The van der Waals surface area contributed by atoms with E-state index in [-0.39, 0.29) is 11.6 Å². The van der Waals surface area contributed by atoms with Crippen molar-refractivity contribution in [1.29, 1.82) is 0 Å². The molecular formula is C20H18N2O5. The van der Waals surface area contributed by atoms with Gasteiger partial charge in [0.25, 0.3) is 11.6 Å². The zero-order valence-electron chi connectivity index (χ0n) is 14.5. The number of nitrogens with zero attached hydrogens (tertiary/aromatic N) is 1. The van der Waals surface area contributed by atoms with Crippen LogP contribution in [0.25, 0.3) is 0 Å². The maximum absolute atomic E-state index is 12.2. The standard InChI is InChI=1S/C20H18N2O5/c23-20(17-6-8-18(9-7-17)22(24)25)21-12-15-3-1-4-16(11-15)13-26-14-19-5-2-10-27-19/h1-11H,12-14H2,(H,21,23). The Kier molecular flexibility index (Phi) is 5.96. The fourth-order valence-corrected chi connectivity index (χ4v) is 2.51. The Morgan fingerprint density at radius 1 is 1.04 bits per heavy atom. The second-order valence-electron chi connectivity index (χ2n) is 5.88. The van der Waals surface area contributed by atoms with E-state index >= 15 is 0 Å². The summed E-state index contributed by atoms with van der Waals surface area (Å²) in [5, 5.41) is 13.5. The van der Waals surface area contributed by atoms with Gasteiger partial charge in [-0.25, -0.2) is 0 Å². The van der Waals surface area contributed by atoms with Gasteiger partial charge >= 0.3 is 0 Å². The molecule has 0 unspecified atom stereocenters. The number of carbonyl (C=O) groups is 1. The minimum Gasteiger partial charge on any atom is -0.467 e. The smallest absolute Gasteiger partial charge is 0.269 e. The number of ether oxygens (including phenoxy) is 1. The van der Waals surface area contributed by atoms with Crippen LogP contribution in [0.2, 0.25) is 0 Å². The van der Waals surface area contributed by atoms with E-state index in [1.165, 1.54) is 24.3 Å². The topological polar surface area (TPSA) is 94.6 Å². The Morgan fingerprint density at radius 3 is 2.52 bits per heavy atom. The van der Waals surface area contributed by atoms with Gasteiger partial charge in [0, 0.05) is 24.2 Å². The molecule has 0 saturated carbocycles. The van der Waals surface area contributed by atoms with Gasteiger partial charge in [-0.1, -0.05) is 24.3 Å². The summed E-state index contributed by atoms with van der Waals surface area (Å²) in [6, 6.07) is 16.9. The van der Waals surface area contributed by atoms with Crippen molar-refractivity contribution in [2.45, 2.75) is 19.8 Å². The van der Waals surface area contributed by atoms with Crippen molar-refractivity contribution in [3.8, 4) is 0 Å². The van der Waals surface area contributed by atoms with Gasteiger partial charge in [0.2, 0.25) is 0 Å². The molecule has 0 bridgehead atoms. The van der Waals surface area contributed by atoms with Gasteiger partial charge < -0.3 is 14.5 Å². The molecule has 2 aromatic carbocycles. The molecule has 138 valence electrons. The molecule has 0 aliphatic rings. The van der Waals surface area contributed by atoms with E-state index < -0.39 is 4.92 Å². The lowest BCUT2D eigenvalue weighted by molar-refractivity contribution is -0.384. The van der Waals surface area contributed by atoms with Crippen LogP contribution in [0.15, 0.2) is 71.3 Å². The quantitative estimate of drug-likeness (QED) is 0.483. The molecule has 0 spiro atoms. The molecule has 3 rings (SSSR count). The Bertz CT molecular complexity index is 904.